The van der Waals surface area contributed by atoms with Gasteiger partial charge in [-0.25, -0.2) is 14.8 Å². The van der Waals surface area contributed by atoms with E-state index in [4.69, 9.17) is 44.3 Å². The Hall–Kier alpha value is -2.43. The van der Waals surface area contributed by atoms with E-state index in [1.807, 2.05) is 0 Å². The number of nitrogens with zero attached hydrogens (tertiary/aromatic N) is 1. The molecule has 10 N–H and O–H groups in total. The highest BCUT2D eigenvalue weighted by Crippen LogP contribution is 2.42. The number of esters is 6. The van der Waals surface area contributed by atoms with Crippen LogP contribution in [0.5, 0.6) is 0 Å². The van der Waals surface area contributed by atoms with Gasteiger partial charge in [0, 0.05) is 46.7 Å². The maximum atomic E-state index is 12.6. The SMILES string of the molecule is CCOC(=O)C(C)N.CCOC(=O)C(C)NC.CCOC(=O)C(C)NP(C)(=O)N(C)C(C)C(=O)OCC.CCOC(=O)C(C)NP(C)(=O)O.CCOC(=O)C(C)NP(C)(C)=O.CP(=O)(O)O.CP(C)(=O)O. The average molecular weight is 1140 g/mol. The third-order valence-electron chi connectivity index (χ3n) is 6.81. The third-order valence-corrected chi connectivity index (χ3v) is 11.1. The van der Waals surface area contributed by atoms with Gasteiger partial charge in [-0.3, -0.25) is 52.1 Å². The van der Waals surface area contributed by atoms with E-state index in [0.29, 0.717) is 19.8 Å². The van der Waals surface area contributed by atoms with E-state index in [0.717, 1.165) is 13.3 Å². The van der Waals surface area contributed by atoms with Crippen molar-refractivity contribution in [3.63, 3.8) is 0 Å². The molecule has 0 aliphatic rings. The fourth-order valence-electron chi connectivity index (χ4n) is 3.64. The van der Waals surface area contributed by atoms with Gasteiger partial charge in [-0.2, -0.15) is 0 Å². The van der Waals surface area contributed by atoms with Gasteiger partial charge < -0.3 is 63.6 Å². The number of nitrogens with two attached hydrogens (primary N) is 1. The number of rotatable bonds is 21. The predicted octanol–water partition coefficient (Wildman–Crippen LogP) is 3.01. The highest BCUT2D eigenvalue weighted by molar-refractivity contribution is 7.60. The largest absolute Gasteiger partial charge is 0.465 e. The summed E-state index contributed by atoms with van der Waals surface area (Å²) in [6.45, 7) is 31.2. The molecule has 0 rings (SSSR count). The summed E-state index contributed by atoms with van der Waals surface area (Å²) in [5.74, 6) is -2.35. The smallest absolute Gasteiger partial charge is 0.323 e. The van der Waals surface area contributed by atoms with E-state index in [-0.39, 0.29) is 43.8 Å². The van der Waals surface area contributed by atoms with E-state index < -0.39 is 85.3 Å². The summed E-state index contributed by atoms with van der Waals surface area (Å²) in [6.07, 6.45) is 0. The molecule has 0 aliphatic carbocycles. The third kappa shape index (κ3) is 65.6. The Balaban J connectivity index is -0.000000142. The van der Waals surface area contributed by atoms with Crippen LogP contribution in [0.25, 0.3) is 0 Å². The molecule has 0 spiro atoms. The summed E-state index contributed by atoms with van der Waals surface area (Å²) >= 11 is 0. The molecule has 32 heteroatoms. The standard InChI is InChI=1S/C12H25N2O5P.C7H16NO3P.C6H14NO4P.C6H13NO2.C5H11NO2.C2H7O2P.CH5O3P/c1-7-18-11(15)9(3)13-20(6,17)14(5)10(4)12(16)19-8-2;1-5-11-7(9)6(2)8-12(3,4)10;1-4-11-6(8)5(2)7-12(3,9)10;1-4-9-6(8)5(2)7-3;1-3-8-5(7)4(2)6;2*1-5(2,3)4/h9-10H,7-8H2,1-6H3,(H,13,17);6H,5H2,1-4H3,(H,8,10);5H,4H2,1-3H3,(H2,7,9,10);5,7H,4H2,1-3H3;4H,3,6H2,1-2H3;1-2H3,(H,3,4);1H3,(H2,2,3,4). The first-order valence-corrected chi connectivity index (χ1v) is 33.5. The summed E-state index contributed by atoms with van der Waals surface area (Å²) in [7, 11) is -11.8. The molecular formula is C39H91N6O21P5. The van der Waals surface area contributed by atoms with Crippen molar-refractivity contribution in [3.8, 4) is 0 Å². The van der Waals surface area contributed by atoms with Crippen molar-refractivity contribution in [3.05, 3.63) is 0 Å². The van der Waals surface area contributed by atoms with Gasteiger partial charge in [0.25, 0.3) is 7.52 Å². The van der Waals surface area contributed by atoms with Crippen molar-refractivity contribution in [2.24, 2.45) is 5.73 Å². The number of carbonyl (C=O) groups is 6. The maximum absolute atomic E-state index is 12.6. The molecule has 0 bridgehead atoms. The lowest BCUT2D eigenvalue weighted by atomic mass is 10.3. The highest BCUT2D eigenvalue weighted by Gasteiger charge is 2.33. The zero-order chi connectivity index (χ0) is 58.3. The fraction of sp³-hybridized carbons (Fsp3) is 0.846. The number of hydrogen-bond acceptors (Lipinski definition) is 19. The van der Waals surface area contributed by atoms with Crippen molar-refractivity contribution in [1.29, 1.82) is 0 Å². The normalized spacial score (nSPS) is 15.0. The topological polar surface area (TPSA) is 401 Å². The molecular weight excluding hydrogens is 1040 g/mol. The Labute approximate surface area is 422 Å². The Kier molecular flexibility index (Phi) is 51.1. The molecule has 428 valence electrons. The van der Waals surface area contributed by atoms with Crippen molar-refractivity contribution >= 4 is 73.0 Å². The van der Waals surface area contributed by atoms with E-state index >= 15 is 0 Å². The number of nitrogens with one attached hydrogen (secondary N) is 4. The maximum Gasteiger partial charge on any atom is 0.323 e. The van der Waals surface area contributed by atoms with Crippen LogP contribution in [0, 0.1) is 0 Å². The van der Waals surface area contributed by atoms with Crippen LogP contribution in [0.15, 0.2) is 0 Å². The number of ether oxygens (including phenoxy) is 6. The van der Waals surface area contributed by atoms with Gasteiger partial charge in [0.1, 0.15) is 43.5 Å². The molecule has 27 nitrogen and oxygen atoms in total. The van der Waals surface area contributed by atoms with Crippen LogP contribution in [-0.4, -0.2) is 197 Å². The molecule has 8 atom stereocenters. The molecule has 8 unspecified atom stereocenters. The monoisotopic (exact) mass is 1130 g/mol. The van der Waals surface area contributed by atoms with Crippen LogP contribution in [0.3, 0.4) is 0 Å². The van der Waals surface area contributed by atoms with Gasteiger partial charge in [0.2, 0.25) is 7.44 Å². The summed E-state index contributed by atoms with van der Waals surface area (Å²) in [4.78, 5) is 98.4. The molecule has 0 aliphatic heterocycles. The summed E-state index contributed by atoms with van der Waals surface area (Å²) in [6, 6.07) is -3.31. The van der Waals surface area contributed by atoms with E-state index in [1.165, 1.54) is 31.6 Å². The summed E-state index contributed by atoms with van der Waals surface area (Å²) in [5.41, 5.74) is 5.15. The molecule has 0 saturated carbocycles. The van der Waals surface area contributed by atoms with Crippen molar-refractivity contribution < 1.29 is 99.6 Å². The van der Waals surface area contributed by atoms with Crippen molar-refractivity contribution in [2.75, 3.05) is 100 Å². The first-order chi connectivity index (χ1) is 31.8. The molecule has 0 radical (unpaired) electrons. The molecule has 71 heavy (non-hydrogen) atoms. The average Bonchev–Trinajstić information content (AvgIpc) is 3.18. The van der Waals surface area contributed by atoms with E-state index in [9.17, 15) is 51.6 Å². The second-order valence-corrected chi connectivity index (χ2v) is 27.2. The minimum absolute atomic E-state index is 0.190. The lowest BCUT2D eigenvalue weighted by Crippen LogP contribution is -2.42. The van der Waals surface area contributed by atoms with E-state index in [2.05, 4.69) is 30.1 Å². The van der Waals surface area contributed by atoms with E-state index in [1.54, 1.807) is 104 Å². The molecule has 0 heterocycles. The predicted molar refractivity (Wildman–Crippen MR) is 275 cm³/mol. The Morgan fingerprint density at radius 1 is 0.479 bits per heavy atom. The van der Waals surface area contributed by atoms with Gasteiger partial charge in [-0.1, -0.05) is 0 Å². The van der Waals surface area contributed by atoms with Crippen molar-refractivity contribution in [2.45, 2.75) is 119 Å². The quantitative estimate of drug-likeness (QED) is 0.0453. The molecule has 0 aromatic heterocycles. The minimum atomic E-state index is -3.64. The van der Waals surface area contributed by atoms with Crippen LogP contribution in [0.4, 0.5) is 0 Å². The molecule has 0 saturated heterocycles. The summed E-state index contributed by atoms with van der Waals surface area (Å²) in [5, 5.41) is 10.4. The Morgan fingerprint density at radius 3 is 0.944 bits per heavy atom. The first-order valence-electron chi connectivity index (χ1n) is 22.0. The van der Waals surface area contributed by atoms with Crippen LogP contribution >= 0.6 is 37.2 Å². The Bertz CT molecular complexity index is 1660. The minimum Gasteiger partial charge on any atom is -0.465 e. The van der Waals surface area contributed by atoms with Crippen LogP contribution in [0.2, 0.25) is 0 Å². The van der Waals surface area contributed by atoms with Gasteiger partial charge in [0.15, 0.2) is 7.37 Å². The second kappa shape index (κ2) is 43.9. The van der Waals surface area contributed by atoms with Gasteiger partial charge in [0.05, 0.1) is 39.6 Å². The zero-order valence-corrected chi connectivity index (χ0v) is 50.2. The van der Waals surface area contributed by atoms with Crippen molar-refractivity contribution in [1.82, 2.24) is 25.2 Å². The number of hydrogen-bond donors (Lipinski definition) is 9. The highest BCUT2D eigenvalue weighted by atomic mass is 31.2. The number of carbonyl (C=O) groups excluding carboxylic acids is 6. The van der Waals surface area contributed by atoms with Gasteiger partial charge >= 0.3 is 43.4 Å². The molecule has 0 aromatic rings. The van der Waals surface area contributed by atoms with Crippen LogP contribution < -0.4 is 26.3 Å². The second-order valence-electron chi connectivity index (χ2n) is 15.4. The summed E-state index contributed by atoms with van der Waals surface area (Å²) < 4.78 is 83.4. The molecule has 0 amide bonds. The van der Waals surface area contributed by atoms with Crippen LogP contribution in [-0.2, 0) is 80.0 Å². The van der Waals surface area contributed by atoms with Gasteiger partial charge in [-0.15, -0.1) is 0 Å². The molecule has 0 fully saturated rings. The lowest BCUT2D eigenvalue weighted by Gasteiger charge is -2.31. The lowest BCUT2D eigenvalue weighted by molar-refractivity contribution is -0.147. The Morgan fingerprint density at radius 2 is 0.718 bits per heavy atom. The first kappa shape index (κ1) is 82.6. The fourth-order valence-corrected chi connectivity index (χ4v) is 7.26. The number of likely N-dealkylation sites (N-methyl/N-ethyl adjacent to an activating group) is 2. The zero-order valence-electron chi connectivity index (χ0n) is 45.7. The van der Waals surface area contributed by atoms with Gasteiger partial charge in [-0.05, 0) is 97.2 Å². The molecule has 0 aromatic carbocycles. The van der Waals surface area contributed by atoms with Crippen LogP contribution in [0.1, 0.15) is 83.1 Å².